The molecule has 3 aromatic heterocycles. The number of aryl methyl sites for hydroxylation is 2. The van der Waals surface area contributed by atoms with Crippen LogP contribution >= 0.6 is 0 Å². The fourth-order valence-corrected chi connectivity index (χ4v) is 5.22. The van der Waals surface area contributed by atoms with Crippen LogP contribution in [0.1, 0.15) is 25.3 Å². The highest BCUT2D eigenvalue weighted by molar-refractivity contribution is 5.99. The molecule has 11 nitrogen and oxygen atoms in total. The second kappa shape index (κ2) is 11.7. The fraction of sp³-hybridized carbons (Fsp3) is 0.258. The minimum Gasteiger partial charge on any atom is -0.465 e. The topological polar surface area (TPSA) is 130 Å². The second-order valence-corrected chi connectivity index (χ2v) is 10.2. The molecular formula is C31H32N8O3. The van der Waals surface area contributed by atoms with Crippen molar-refractivity contribution in [1.29, 1.82) is 0 Å². The van der Waals surface area contributed by atoms with Gasteiger partial charge in [0.05, 0.1) is 11.3 Å². The Bertz CT molecular complexity index is 1740. The number of fused-ring (bicyclic) bond motifs is 1. The third kappa shape index (κ3) is 5.67. The lowest BCUT2D eigenvalue weighted by Gasteiger charge is -2.31. The number of carbonyl (C=O) groups is 1. The highest BCUT2D eigenvalue weighted by Crippen LogP contribution is 2.39. The average Bonchev–Trinajstić information content (AvgIpc) is 3.47. The lowest BCUT2D eigenvalue weighted by molar-refractivity contribution is 0.132. The molecule has 1 aliphatic heterocycles. The van der Waals surface area contributed by atoms with E-state index in [1.807, 2.05) is 66.3 Å². The third-order valence-corrected chi connectivity index (χ3v) is 7.36. The maximum absolute atomic E-state index is 11.4. The van der Waals surface area contributed by atoms with Gasteiger partial charge in [0.15, 0.2) is 5.82 Å². The summed E-state index contributed by atoms with van der Waals surface area (Å²) in [4.78, 5) is 26.6. The molecule has 5 aromatic rings. The van der Waals surface area contributed by atoms with Crippen molar-refractivity contribution < 1.29 is 14.6 Å². The van der Waals surface area contributed by atoms with Crippen LogP contribution in [0.3, 0.4) is 0 Å². The molecule has 0 saturated carbocycles. The van der Waals surface area contributed by atoms with Gasteiger partial charge in [0.2, 0.25) is 11.8 Å². The summed E-state index contributed by atoms with van der Waals surface area (Å²) >= 11 is 0. The molecule has 1 aliphatic rings. The molecule has 42 heavy (non-hydrogen) atoms. The van der Waals surface area contributed by atoms with E-state index < -0.39 is 6.09 Å². The smallest absolute Gasteiger partial charge is 0.407 e. The van der Waals surface area contributed by atoms with Crippen molar-refractivity contribution in [2.75, 3.05) is 23.7 Å². The highest BCUT2D eigenvalue weighted by Gasteiger charge is 2.24. The lowest BCUT2D eigenvalue weighted by Crippen LogP contribution is -2.44. The van der Waals surface area contributed by atoms with Crippen LogP contribution in [0, 0.1) is 6.92 Å². The third-order valence-electron chi connectivity index (χ3n) is 7.36. The predicted octanol–water partition coefficient (Wildman–Crippen LogP) is 6.31. The lowest BCUT2D eigenvalue weighted by atomic mass is 10.0. The van der Waals surface area contributed by atoms with Gasteiger partial charge in [-0.05, 0) is 56.5 Å². The fourth-order valence-electron chi connectivity index (χ4n) is 5.22. The molecule has 4 heterocycles. The predicted molar refractivity (Wildman–Crippen MR) is 161 cm³/mol. The number of likely N-dealkylation sites (tertiary alicyclic amines) is 1. The Morgan fingerprint density at radius 3 is 2.81 bits per heavy atom. The van der Waals surface area contributed by atoms with Crippen molar-refractivity contribution in [2.45, 2.75) is 39.3 Å². The summed E-state index contributed by atoms with van der Waals surface area (Å²) in [5.41, 5.74) is 3.26. The zero-order valence-electron chi connectivity index (χ0n) is 23.5. The number of rotatable bonds is 8. The van der Waals surface area contributed by atoms with Gasteiger partial charge in [-0.2, -0.15) is 5.10 Å². The normalized spacial score (nSPS) is 15.0. The molecule has 214 valence electrons. The summed E-state index contributed by atoms with van der Waals surface area (Å²) in [5, 5.41) is 22.6. The van der Waals surface area contributed by atoms with Gasteiger partial charge in [-0.15, -0.1) is 0 Å². The highest BCUT2D eigenvalue weighted by atomic mass is 16.5. The molecule has 0 radical (unpaired) electrons. The SMILES string of the molecule is CCn1ccc(Nc2cccc3c(Oc4ncccc4-c4ccnc(NC5CCCN(C(=O)O)C5)n4)c(C)ccc23)n1. The van der Waals surface area contributed by atoms with Gasteiger partial charge in [0, 0.05) is 66.8 Å². The van der Waals surface area contributed by atoms with Crippen molar-refractivity contribution in [3.8, 4) is 22.9 Å². The zero-order chi connectivity index (χ0) is 29.1. The number of pyridine rings is 1. The molecule has 0 aliphatic carbocycles. The second-order valence-electron chi connectivity index (χ2n) is 10.2. The number of ether oxygens (including phenoxy) is 1. The number of amides is 1. The number of carboxylic acid groups (broad SMARTS) is 1. The first-order chi connectivity index (χ1) is 20.5. The van der Waals surface area contributed by atoms with Crippen molar-refractivity contribution >= 4 is 34.3 Å². The Hall–Kier alpha value is -5.19. The summed E-state index contributed by atoms with van der Waals surface area (Å²) in [6.07, 6.45) is 6.04. The van der Waals surface area contributed by atoms with Crippen LogP contribution in [0.4, 0.5) is 22.2 Å². The van der Waals surface area contributed by atoms with Crippen LogP contribution in [0.2, 0.25) is 0 Å². The molecule has 3 N–H and O–H groups in total. The van der Waals surface area contributed by atoms with Crippen LogP contribution in [0.15, 0.2) is 73.2 Å². The summed E-state index contributed by atoms with van der Waals surface area (Å²) in [5.74, 6) is 2.34. The molecule has 1 atom stereocenters. The maximum Gasteiger partial charge on any atom is 0.407 e. The molecule has 0 bridgehead atoms. The van der Waals surface area contributed by atoms with Crippen molar-refractivity contribution in [3.05, 3.63) is 78.8 Å². The standard InChI is InChI=1S/C31H32N8O3/c1-3-39-18-14-27(37-39)35-25-10-4-8-23-22(25)12-11-20(2)28(23)42-29-24(9-5-15-32-29)26-13-16-33-30(36-26)34-21-7-6-17-38(19-21)31(40)41/h4-5,8-16,18,21H,3,6-7,17,19H2,1-2H3,(H,35,37)(H,40,41)(H,33,34,36). The van der Waals surface area contributed by atoms with Crippen LogP contribution < -0.4 is 15.4 Å². The van der Waals surface area contributed by atoms with E-state index in [2.05, 4.69) is 38.7 Å². The Kier molecular flexibility index (Phi) is 7.54. The molecule has 1 unspecified atom stereocenters. The van der Waals surface area contributed by atoms with Gasteiger partial charge < -0.3 is 25.4 Å². The molecule has 11 heteroatoms. The Labute approximate surface area is 243 Å². The monoisotopic (exact) mass is 564 g/mol. The number of hydrogen-bond acceptors (Lipinski definition) is 8. The first-order valence-corrected chi connectivity index (χ1v) is 14.0. The van der Waals surface area contributed by atoms with E-state index in [4.69, 9.17) is 9.72 Å². The molecule has 0 spiro atoms. The van der Waals surface area contributed by atoms with Crippen molar-refractivity contribution in [1.82, 2.24) is 29.6 Å². The molecule has 1 amide bonds. The summed E-state index contributed by atoms with van der Waals surface area (Å²) in [6, 6.07) is 17.6. The maximum atomic E-state index is 11.4. The van der Waals surface area contributed by atoms with E-state index in [1.54, 1.807) is 12.4 Å². The quantitative estimate of drug-likeness (QED) is 0.198. The number of piperidine rings is 1. The minimum absolute atomic E-state index is 0.0633. The number of anilines is 3. The number of hydrogen-bond donors (Lipinski definition) is 3. The van der Waals surface area contributed by atoms with Crippen molar-refractivity contribution in [2.24, 2.45) is 0 Å². The van der Waals surface area contributed by atoms with E-state index in [1.165, 1.54) is 4.90 Å². The van der Waals surface area contributed by atoms with Crippen LogP contribution in [0.25, 0.3) is 22.0 Å². The van der Waals surface area contributed by atoms with E-state index in [-0.39, 0.29) is 6.04 Å². The van der Waals surface area contributed by atoms with E-state index in [0.717, 1.165) is 52.8 Å². The largest absolute Gasteiger partial charge is 0.465 e. The first-order valence-electron chi connectivity index (χ1n) is 14.0. The van der Waals surface area contributed by atoms with Crippen LogP contribution in [-0.2, 0) is 6.54 Å². The average molecular weight is 565 g/mol. The van der Waals surface area contributed by atoms with Gasteiger partial charge >= 0.3 is 6.09 Å². The van der Waals surface area contributed by atoms with Crippen molar-refractivity contribution in [3.63, 3.8) is 0 Å². The minimum atomic E-state index is -0.910. The van der Waals surface area contributed by atoms with Gasteiger partial charge in [0.25, 0.3) is 0 Å². The van der Waals surface area contributed by atoms with E-state index in [9.17, 15) is 9.90 Å². The Morgan fingerprint density at radius 2 is 1.98 bits per heavy atom. The summed E-state index contributed by atoms with van der Waals surface area (Å²) in [7, 11) is 0. The Morgan fingerprint density at radius 1 is 1.07 bits per heavy atom. The van der Waals surface area contributed by atoms with Gasteiger partial charge in [-0.3, -0.25) is 4.68 Å². The molecule has 6 rings (SSSR count). The van der Waals surface area contributed by atoms with Crippen LogP contribution in [0.5, 0.6) is 11.6 Å². The first kappa shape index (κ1) is 27.0. The summed E-state index contributed by atoms with van der Waals surface area (Å²) in [6.45, 7) is 5.80. The van der Waals surface area contributed by atoms with Gasteiger partial charge in [-0.1, -0.05) is 24.3 Å². The van der Waals surface area contributed by atoms with Gasteiger partial charge in [-0.25, -0.2) is 19.7 Å². The number of nitrogens with one attached hydrogen (secondary N) is 2. The molecule has 1 fully saturated rings. The van der Waals surface area contributed by atoms with Crippen LogP contribution in [-0.4, -0.2) is 60.0 Å². The number of nitrogens with zero attached hydrogens (tertiary/aromatic N) is 6. The Balaban J connectivity index is 1.29. The molecular weight excluding hydrogens is 532 g/mol. The number of aromatic nitrogens is 5. The van der Waals surface area contributed by atoms with Gasteiger partial charge in [0.1, 0.15) is 5.75 Å². The number of benzene rings is 2. The molecule has 2 aromatic carbocycles. The molecule has 1 saturated heterocycles. The van der Waals surface area contributed by atoms with E-state index in [0.29, 0.717) is 36.4 Å². The summed E-state index contributed by atoms with van der Waals surface area (Å²) < 4.78 is 8.43. The van der Waals surface area contributed by atoms with E-state index >= 15 is 0 Å². The zero-order valence-corrected chi connectivity index (χ0v) is 23.5.